The Hall–Kier alpha value is -1.45. The van der Waals surface area contributed by atoms with Crippen molar-refractivity contribution in [3.05, 3.63) is 64.7 Å². The number of rotatable bonds is 7. The minimum atomic E-state index is 0.0280. The monoisotopic (exact) mass is 347 g/mol. The number of hydrogen-bond donors (Lipinski definition) is 1. The Kier molecular flexibility index (Phi) is 7.00. The molecule has 2 nitrogen and oxygen atoms in total. The van der Waals surface area contributed by atoms with E-state index >= 15 is 0 Å². The van der Waals surface area contributed by atoms with E-state index in [1.165, 1.54) is 11.1 Å². The van der Waals surface area contributed by atoms with Crippen molar-refractivity contribution in [2.45, 2.75) is 31.9 Å². The molecule has 0 unspecified atom stereocenters. The zero-order valence-corrected chi connectivity index (χ0v) is 15.1. The molecule has 2 rings (SSSR count). The van der Waals surface area contributed by atoms with Gasteiger partial charge in [-0.2, -0.15) is 0 Å². The third kappa shape index (κ3) is 5.92. The van der Waals surface area contributed by atoms with Gasteiger partial charge >= 0.3 is 0 Å². The van der Waals surface area contributed by atoms with Gasteiger partial charge in [0, 0.05) is 16.5 Å². The van der Waals surface area contributed by atoms with E-state index in [4.69, 9.17) is 11.6 Å². The van der Waals surface area contributed by atoms with E-state index in [0.717, 1.165) is 22.9 Å². The maximum Gasteiger partial charge on any atom is 0.234 e. The van der Waals surface area contributed by atoms with Crippen LogP contribution >= 0.6 is 23.4 Å². The average Bonchev–Trinajstić information content (AvgIpc) is 2.56. The fraction of sp³-hybridized carbons (Fsp3) is 0.316. The summed E-state index contributed by atoms with van der Waals surface area (Å²) >= 11 is 7.45. The first-order valence-electron chi connectivity index (χ1n) is 7.80. The standard InChI is InChI=1S/C19H22ClNOS/c1-3-14(2)16-6-10-18(11-7-16)21-19(22)13-23-12-15-4-8-17(20)9-5-15/h4-11,14H,3,12-13H2,1-2H3,(H,21,22)/t14-/m0/s1. The first-order valence-corrected chi connectivity index (χ1v) is 9.33. The summed E-state index contributed by atoms with van der Waals surface area (Å²) in [6, 6.07) is 15.8. The lowest BCUT2D eigenvalue weighted by atomic mass is 9.99. The summed E-state index contributed by atoms with van der Waals surface area (Å²) < 4.78 is 0. The summed E-state index contributed by atoms with van der Waals surface area (Å²) in [4.78, 5) is 12.0. The Morgan fingerprint density at radius 1 is 1.13 bits per heavy atom. The SMILES string of the molecule is CC[C@H](C)c1ccc(NC(=O)CSCc2ccc(Cl)cc2)cc1. The zero-order chi connectivity index (χ0) is 16.7. The molecule has 0 heterocycles. The fourth-order valence-electron chi connectivity index (χ4n) is 2.17. The Labute approximate surface area is 147 Å². The molecular formula is C19H22ClNOS. The van der Waals surface area contributed by atoms with Crippen LogP contribution in [-0.2, 0) is 10.5 Å². The van der Waals surface area contributed by atoms with E-state index in [1.54, 1.807) is 11.8 Å². The van der Waals surface area contributed by atoms with E-state index in [1.807, 2.05) is 36.4 Å². The molecule has 0 bridgehead atoms. The lowest BCUT2D eigenvalue weighted by Crippen LogP contribution is -2.14. The third-order valence-electron chi connectivity index (χ3n) is 3.79. The molecule has 0 aliphatic carbocycles. The molecule has 0 saturated carbocycles. The molecule has 0 spiro atoms. The largest absolute Gasteiger partial charge is 0.325 e. The summed E-state index contributed by atoms with van der Waals surface area (Å²) in [6.07, 6.45) is 1.12. The summed E-state index contributed by atoms with van der Waals surface area (Å²) in [5.41, 5.74) is 3.34. The van der Waals surface area contributed by atoms with Gasteiger partial charge in [-0.05, 0) is 47.7 Å². The van der Waals surface area contributed by atoms with Gasteiger partial charge < -0.3 is 5.32 Å². The van der Waals surface area contributed by atoms with Crippen molar-refractivity contribution in [3.63, 3.8) is 0 Å². The lowest BCUT2D eigenvalue weighted by molar-refractivity contribution is -0.113. The van der Waals surface area contributed by atoms with Crippen LogP contribution in [-0.4, -0.2) is 11.7 Å². The van der Waals surface area contributed by atoms with Crippen molar-refractivity contribution in [1.29, 1.82) is 0 Å². The molecule has 4 heteroatoms. The van der Waals surface area contributed by atoms with Crippen LogP contribution < -0.4 is 5.32 Å². The number of halogens is 1. The molecule has 2 aromatic rings. The molecule has 122 valence electrons. The van der Waals surface area contributed by atoms with E-state index in [2.05, 4.69) is 31.3 Å². The van der Waals surface area contributed by atoms with Crippen LogP contribution in [0.15, 0.2) is 48.5 Å². The van der Waals surface area contributed by atoms with Crippen molar-refractivity contribution in [2.75, 3.05) is 11.1 Å². The van der Waals surface area contributed by atoms with Crippen molar-refractivity contribution in [1.82, 2.24) is 0 Å². The highest BCUT2D eigenvalue weighted by Gasteiger charge is 2.05. The molecule has 23 heavy (non-hydrogen) atoms. The summed E-state index contributed by atoms with van der Waals surface area (Å²) in [7, 11) is 0. The smallest absolute Gasteiger partial charge is 0.234 e. The number of hydrogen-bond acceptors (Lipinski definition) is 2. The van der Waals surface area contributed by atoms with Crippen LogP contribution in [0.25, 0.3) is 0 Å². The number of amides is 1. The molecule has 0 aromatic heterocycles. The molecule has 0 aliphatic rings. The highest BCUT2D eigenvalue weighted by atomic mass is 35.5. The van der Waals surface area contributed by atoms with Gasteiger partial charge in [0.2, 0.25) is 5.91 Å². The normalized spacial score (nSPS) is 12.0. The highest BCUT2D eigenvalue weighted by molar-refractivity contribution is 7.99. The number of carbonyl (C=O) groups is 1. The molecule has 0 saturated heterocycles. The number of benzene rings is 2. The van der Waals surface area contributed by atoms with Crippen molar-refractivity contribution in [3.8, 4) is 0 Å². The van der Waals surface area contributed by atoms with Gasteiger partial charge in [0.15, 0.2) is 0 Å². The quantitative estimate of drug-likeness (QED) is 0.693. The topological polar surface area (TPSA) is 29.1 Å². The number of nitrogens with one attached hydrogen (secondary N) is 1. The molecule has 1 amide bonds. The maximum atomic E-state index is 12.0. The second-order valence-electron chi connectivity index (χ2n) is 5.60. The Morgan fingerprint density at radius 2 is 1.78 bits per heavy atom. The Balaban J connectivity index is 1.77. The lowest BCUT2D eigenvalue weighted by Gasteiger charge is -2.10. The predicted molar refractivity (Wildman–Crippen MR) is 101 cm³/mol. The van der Waals surface area contributed by atoms with Crippen LogP contribution in [0, 0.1) is 0 Å². The summed E-state index contributed by atoms with van der Waals surface area (Å²) in [6.45, 7) is 4.39. The van der Waals surface area contributed by atoms with Gasteiger partial charge in [-0.3, -0.25) is 4.79 Å². The van der Waals surface area contributed by atoms with Gasteiger partial charge in [-0.25, -0.2) is 0 Å². The van der Waals surface area contributed by atoms with E-state index < -0.39 is 0 Å². The van der Waals surface area contributed by atoms with Gasteiger partial charge in [0.1, 0.15) is 0 Å². The van der Waals surface area contributed by atoms with Crippen molar-refractivity contribution in [2.24, 2.45) is 0 Å². The Bertz CT molecular complexity index is 625. The molecular weight excluding hydrogens is 326 g/mol. The zero-order valence-electron chi connectivity index (χ0n) is 13.5. The summed E-state index contributed by atoms with van der Waals surface area (Å²) in [5.74, 6) is 1.82. The molecule has 1 atom stereocenters. The molecule has 0 aliphatic heterocycles. The molecule has 1 N–H and O–H groups in total. The first kappa shape index (κ1) is 17.9. The Morgan fingerprint density at radius 3 is 2.39 bits per heavy atom. The molecule has 2 aromatic carbocycles. The first-order chi connectivity index (χ1) is 11.1. The molecule has 0 fully saturated rings. The van der Waals surface area contributed by atoms with E-state index in [0.29, 0.717) is 11.7 Å². The summed E-state index contributed by atoms with van der Waals surface area (Å²) in [5, 5.41) is 3.67. The second-order valence-corrected chi connectivity index (χ2v) is 7.02. The number of thioether (sulfide) groups is 1. The van der Waals surface area contributed by atoms with Crippen LogP contribution in [0.3, 0.4) is 0 Å². The second kappa shape index (κ2) is 8.99. The maximum absolute atomic E-state index is 12.0. The highest BCUT2D eigenvalue weighted by Crippen LogP contribution is 2.21. The van der Waals surface area contributed by atoms with Crippen molar-refractivity contribution >= 4 is 35.0 Å². The number of anilines is 1. The van der Waals surface area contributed by atoms with E-state index in [9.17, 15) is 4.79 Å². The van der Waals surface area contributed by atoms with Crippen molar-refractivity contribution < 1.29 is 4.79 Å². The fourth-order valence-corrected chi connectivity index (χ4v) is 3.08. The third-order valence-corrected chi connectivity index (χ3v) is 5.05. The van der Waals surface area contributed by atoms with Crippen LogP contribution in [0.4, 0.5) is 5.69 Å². The number of carbonyl (C=O) groups excluding carboxylic acids is 1. The van der Waals surface area contributed by atoms with Gasteiger partial charge in [-0.15, -0.1) is 11.8 Å². The minimum Gasteiger partial charge on any atom is -0.325 e. The average molecular weight is 348 g/mol. The van der Waals surface area contributed by atoms with Gasteiger partial charge in [0.05, 0.1) is 5.75 Å². The van der Waals surface area contributed by atoms with Gasteiger partial charge in [0.25, 0.3) is 0 Å². The van der Waals surface area contributed by atoms with E-state index in [-0.39, 0.29) is 5.91 Å². The predicted octanol–water partition coefficient (Wildman–Crippen LogP) is 5.73. The minimum absolute atomic E-state index is 0.0280. The van der Waals surface area contributed by atoms with Crippen LogP contribution in [0.1, 0.15) is 37.3 Å². The van der Waals surface area contributed by atoms with Gasteiger partial charge in [-0.1, -0.05) is 49.7 Å². The van der Waals surface area contributed by atoms with Crippen LogP contribution in [0.2, 0.25) is 5.02 Å². The molecule has 0 radical (unpaired) electrons. The van der Waals surface area contributed by atoms with Crippen LogP contribution in [0.5, 0.6) is 0 Å².